The summed E-state index contributed by atoms with van der Waals surface area (Å²) in [5, 5.41) is 5.23. The molecular formula is C27H18ClN5O3. The Morgan fingerprint density at radius 2 is 1.47 bits per heavy atom. The maximum atomic E-state index is 13.1. The summed E-state index contributed by atoms with van der Waals surface area (Å²) in [6.07, 6.45) is 0. The highest BCUT2D eigenvalue weighted by atomic mass is 35.5. The molecule has 2 heterocycles. The topological polar surface area (TPSA) is 106 Å². The highest BCUT2D eigenvalue weighted by Gasteiger charge is 2.17. The van der Waals surface area contributed by atoms with Crippen LogP contribution in [0.5, 0.6) is 0 Å². The van der Waals surface area contributed by atoms with Crippen LogP contribution in [-0.4, -0.2) is 26.6 Å². The van der Waals surface area contributed by atoms with Gasteiger partial charge in [-0.25, -0.2) is 4.98 Å². The molecule has 2 amide bonds. The van der Waals surface area contributed by atoms with Crippen molar-refractivity contribution in [2.45, 2.75) is 0 Å². The fourth-order valence-corrected chi connectivity index (χ4v) is 3.93. The van der Waals surface area contributed by atoms with Crippen molar-refractivity contribution in [3.8, 4) is 16.9 Å². The van der Waals surface area contributed by atoms with Crippen molar-refractivity contribution in [2.24, 2.45) is 0 Å². The Morgan fingerprint density at radius 1 is 0.778 bits per heavy atom. The number of carbonyl (C=O) groups is 2. The van der Waals surface area contributed by atoms with Crippen molar-refractivity contribution < 1.29 is 9.59 Å². The maximum Gasteiger partial charge on any atom is 0.290 e. The molecule has 0 aliphatic rings. The molecule has 0 saturated carbocycles. The van der Waals surface area contributed by atoms with E-state index in [2.05, 4.69) is 20.9 Å². The molecule has 0 unspecified atom stereocenters. The van der Waals surface area contributed by atoms with Crippen molar-refractivity contribution in [3.05, 3.63) is 124 Å². The molecule has 36 heavy (non-hydrogen) atoms. The van der Waals surface area contributed by atoms with E-state index in [-0.39, 0.29) is 5.69 Å². The van der Waals surface area contributed by atoms with Crippen molar-refractivity contribution in [1.82, 2.24) is 25.6 Å². The lowest BCUT2D eigenvalue weighted by atomic mass is 10.0. The first kappa shape index (κ1) is 22.9. The number of para-hydroxylation sites is 2. The van der Waals surface area contributed by atoms with Crippen LogP contribution in [0.3, 0.4) is 0 Å². The molecule has 5 rings (SSSR count). The van der Waals surface area contributed by atoms with Crippen molar-refractivity contribution in [3.63, 3.8) is 0 Å². The molecule has 2 aromatic heterocycles. The van der Waals surface area contributed by atoms with Gasteiger partial charge in [-0.1, -0.05) is 66.2 Å². The molecule has 8 nitrogen and oxygen atoms in total. The summed E-state index contributed by atoms with van der Waals surface area (Å²) in [6.45, 7) is 0. The van der Waals surface area contributed by atoms with Crippen LogP contribution in [0.25, 0.3) is 27.8 Å². The molecule has 176 valence electrons. The van der Waals surface area contributed by atoms with Crippen LogP contribution in [0, 0.1) is 0 Å². The van der Waals surface area contributed by atoms with Gasteiger partial charge in [0.1, 0.15) is 0 Å². The van der Waals surface area contributed by atoms with E-state index in [9.17, 15) is 14.4 Å². The summed E-state index contributed by atoms with van der Waals surface area (Å²) in [7, 11) is 0. The monoisotopic (exact) mass is 495 g/mol. The minimum Gasteiger partial charge on any atom is -0.267 e. The first-order chi connectivity index (χ1) is 17.5. The molecule has 3 aromatic carbocycles. The molecule has 0 aliphatic heterocycles. The second kappa shape index (κ2) is 9.81. The highest BCUT2D eigenvalue weighted by molar-refractivity contribution is 6.33. The number of rotatable bonds is 4. The number of amides is 2. The van der Waals surface area contributed by atoms with Crippen LogP contribution >= 0.6 is 11.6 Å². The second-order valence-corrected chi connectivity index (χ2v) is 8.17. The van der Waals surface area contributed by atoms with Gasteiger partial charge >= 0.3 is 0 Å². The van der Waals surface area contributed by atoms with Gasteiger partial charge in [-0.05, 0) is 36.4 Å². The second-order valence-electron chi connectivity index (χ2n) is 7.76. The van der Waals surface area contributed by atoms with E-state index in [4.69, 9.17) is 11.6 Å². The van der Waals surface area contributed by atoms with Crippen LogP contribution in [0.2, 0.25) is 5.02 Å². The van der Waals surface area contributed by atoms with Gasteiger partial charge in [-0.3, -0.25) is 25.2 Å². The predicted octanol–water partition coefficient (Wildman–Crippen LogP) is 4.18. The first-order valence-corrected chi connectivity index (χ1v) is 11.3. The molecule has 0 aliphatic carbocycles. The number of pyridine rings is 1. The Bertz CT molecular complexity index is 1670. The number of hydrogen-bond acceptors (Lipinski definition) is 5. The number of hydrazine groups is 1. The van der Waals surface area contributed by atoms with Gasteiger partial charge in [-0.2, -0.15) is 9.78 Å². The third kappa shape index (κ3) is 4.57. The zero-order valence-electron chi connectivity index (χ0n) is 18.7. The van der Waals surface area contributed by atoms with E-state index in [1.54, 1.807) is 60.7 Å². The van der Waals surface area contributed by atoms with E-state index in [1.165, 1.54) is 12.1 Å². The summed E-state index contributed by atoms with van der Waals surface area (Å²) in [6, 6.07) is 27.3. The summed E-state index contributed by atoms with van der Waals surface area (Å²) >= 11 is 6.35. The Morgan fingerprint density at radius 3 is 2.28 bits per heavy atom. The number of carbonyl (C=O) groups excluding carboxylic acids is 2. The van der Waals surface area contributed by atoms with E-state index >= 15 is 0 Å². The Hall–Kier alpha value is -4.82. The summed E-state index contributed by atoms with van der Waals surface area (Å²) in [5.41, 5.74) is 6.97. The standard InChI is InChI=1S/C27H18ClN5O3/c28-21-12-6-4-11-19(21)24-16-20(18-10-5-7-13-22(18)29-24)26(35)30-31-27(36)23-14-15-25(34)33(32-23)17-8-2-1-3-9-17/h1-16H,(H,30,35)(H,31,36). The third-order valence-corrected chi connectivity index (χ3v) is 5.76. The summed E-state index contributed by atoms with van der Waals surface area (Å²) in [4.78, 5) is 42.8. The van der Waals surface area contributed by atoms with Crippen LogP contribution < -0.4 is 16.4 Å². The largest absolute Gasteiger partial charge is 0.290 e. The van der Waals surface area contributed by atoms with Gasteiger partial charge in [0.2, 0.25) is 0 Å². The SMILES string of the molecule is O=C(NNC(=O)c1cc(-c2ccccc2Cl)nc2ccccc12)c1ccc(=O)n(-c2ccccc2)n1. The fourth-order valence-electron chi connectivity index (χ4n) is 3.70. The number of nitrogens with zero attached hydrogens (tertiary/aromatic N) is 3. The van der Waals surface area contributed by atoms with Crippen LogP contribution in [0.1, 0.15) is 20.8 Å². The predicted molar refractivity (Wildman–Crippen MR) is 137 cm³/mol. The molecule has 0 atom stereocenters. The Labute approximate surface area is 210 Å². The zero-order valence-corrected chi connectivity index (χ0v) is 19.4. The molecule has 0 bridgehead atoms. The van der Waals surface area contributed by atoms with Crippen LogP contribution in [0.15, 0.2) is 102 Å². The number of hydrogen-bond donors (Lipinski definition) is 2. The number of benzene rings is 3. The number of halogens is 1. The first-order valence-electron chi connectivity index (χ1n) is 10.9. The normalized spacial score (nSPS) is 10.7. The minimum absolute atomic E-state index is 0.0462. The van der Waals surface area contributed by atoms with Crippen LogP contribution in [0.4, 0.5) is 0 Å². The average molecular weight is 496 g/mol. The molecule has 0 radical (unpaired) electrons. The van der Waals surface area contributed by atoms with E-state index in [0.717, 1.165) is 4.68 Å². The Balaban J connectivity index is 1.42. The molecule has 9 heteroatoms. The quantitative estimate of drug-likeness (QED) is 0.364. The van der Waals surface area contributed by atoms with E-state index < -0.39 is 17.4 Å². The number of fused-ring (bicyclic) bond motifs is 1. The van der Waals surface area contributed by atoms with Crippen molar-refractivity contribution in [1.29, 1.82) is 0 Å². The molecule has 0 saturated heterocycles. The van der Waals surface area contributed by atoms with Crippen molar-refractivity contribution in [2.75, 3.05) is 0 Å². The lowest BCUT2D eigenvalue weighted by molar-refractivity contribution is 0.0844. The van der Waals surface area contributed by atoms with Gasteiger partial charge in [0.15, 0.2) is 5.69 Å². The maximum absolute atomic E-state index is 13.1. The van der Waals surface area contributed by atoms with Gasteiger partial charge in [-0.15, -0.1) is 0 Å². The number of aromatic nitrogens is 3. The van der Waals surface area contributed by atoms with Crippen LogP contribution in [-0.2, 0) is 0 Å². The van der Waals surface area contributed by atoms with Crippen molar-refractivity contribution >= 4 is 34.3 Å². The summed E-state index contributed by atoms with van der Waals surface area (Å²) in [5.74, 6) is -1.23. The van der Waals surface area contributed by atoms with Gasteiger partial charge < -0.3 is 0 Å². The smallest absolute Gasteiger partial charge is 0.267 e. The highest BCUT2D eigenvalue weighted by Crippen LogP contribution is 2.29. The molecule has 0 spiro atoms. The average Bonchev–Trinajstić information content (AvgIpc) is 2.92. The molecule has 5 aromatic rings. The van der Waals surface area contributed by atoms with Gasteiger partial charge in [0.25, 0.3) is 17.4 Å². The minimum atomic E-state index is -0.683. The molecular weight excluding hydrogens is 478 g/mol. The molecule has 0 fully saturated rings. The van der Waals surface area contributed by atoms with Gasteiger partial charge in [0, 0.05) is 22.0 Å². The fraction of sp³-hybridized carbons (Fsp3) is 0. The summed E-state index contributed by atoms with van der Waals surface area (Å²) < 4.78 is 1.11. The zero-order chi connectivity index (χ0) is 25.1. The van der Waals surface area contributed by atoms with E-state index in [1.807, 2.05) is 24.3 Å². The lowest BCUT2D eigenvalue weighted by Crippen LogP contribution is -2.42. The number of nitrogens with one attached hydrogen (secondary N) is 2. The van der Waals surface area contributed by atoms with E-state index in [0.29, 0.717) is 38.4 Å². The third-order valence-electron chi connectivity index (χ3n) is 5.43. The Kier molecular flexibility index (Phi) is 6.25. The van der Waals surface area contributed by atoms with Gasteiger partial charge in [0.05, 0.1) is 22.5 Å². The molecule has 2 N–H and O–H groups in total. The lowest BCUT2D eigenvalue weighted by Gasteiger charge is -2.12.